The molecule has 2 heterocycles. The van der Waals surface area contributed by atoms with Crippen molar-refractivity contribution in [3.63, 3.8) is 0 Å². The van der Waals surface area contributed by atoms with E-state index in [0.29, 0.717) is 30.3 Å². The van der Waals surface area contributed by atoms with Crippen molar-refractivity contribution in [1.82, 2.24) is 14.9 Å². The van der Waals surface area contributed by atoms with E-state index < -0.39 is 5.97 Å². The molecule has 0 saturated carbocycles. The van der Waals surface area contributed by atoms with Crippen LogP contribution >= 0.6 is 11.3 Å². The highest BCUT2D eigenvalue weighted by molar-refractivity contribution is 7.19. The Bertz CT molecular complexity index is 1310. The fraction of sp³-hybridized carbons (Fsp3) is 0.320. The van der Waals surface area contributed by atoms with Gasteiger partial charge in [-0.2, -0.15) is 0 Å². The second-order valence-electron chi connectivity index (χ2n) is 8.20. The summed E-state index contributed by atoms with van der Waals surface area (Å²) in [5, 5.41) is 14.3. The number of fused-ring (bicyclic) bond motifs is 2. The molecule has 0 fully saturated rings. The predicted molar refractivity (Wildman–Crippen MR) is 136 cm³/mol. The van der Waals surface area contributed by atoms with Gasteiger partial charge in [0.05, 0.1) is 25.7 Å². The van der Waals surface area contributed by atoms with Gasteiger partial charge in [-0.05, 0) is 51.2 Å². The van der Waals surface area contributed by atoms with Crippen LogP contribution in [0.4, 0.5) is 11.5 Å². The average Bonchev–Trinajstić information content (AvgIpc) is 3.24. The first-order chi connectivity index (χ1) is 16.4. The minimum Gasteiger partial charge on any atom is -0.493 e. The minimum atomic E-state index is -0.793. The molecule has 0 aliphatic rings. The van der Waals surface area contributed by atoms with E-state index in [9.17, 15) is 4.79 Å². The predicted octanol–water partition coefficient (Wildman–Crippen LogP) is 4.94. The lowest BCUT2D eigenvalue weighted by Gasteiger charge is -2.15. The first-order valence-corrected chi connectivity index (χ1v) is 11.9. The summed E-state index contributed by atoms with van der Waals surface area (Å²) < 4.78 is 12.7. The summed E-state index contributed by atoms with van der Waals surface area (Å²) >= 11 is 1.61. The van der Waals surface area contributed by atoms with E-state index in [1.54, 1.807) is 18.4 Å². The zero-order chi connectivity index (χ0) is 24.1. The SMILES string of the molecule is COc1cc2c(Nc3cccc4sc(CCC(=O)O)cc34)ncnc2cc1OCCCN(C)C. The van der Waals surface area contributed by atoms with Crippen molar-refractivity contribution in [2.75, 3.05) is 39.7 Å². The summed E-state index contributed by atoms with van der Waals surface area (Å²) in [5.74, 6) is 1.15. The summed E-state index contributed by atoms with van der Waals surface area (Å²) in [5.41, 5.74) is 1.65. The normalized spacial score (nSPS) is 11.3. The smallest absolute Gasteiger partial charge is 0.303 e. The molecule has 0 saturated heterocycles. The van der Waals surface area contributed by atoms with E-state index >= 15 is 0 Å². The van der Waals surface area contributed by atoms with Gasteiger partial charge in [0.1, 0.15) is 12.1 Å². The zero-order valence-electron chi connectivity index (χ0n) is 19.5. The van der Waals surface area contributed by atoms with E-state index in [0.717, 1.165) is 44.5 Å². The second kappa shape index (κ2) is 10.7. The van der Waals surface area contributed by atoms with E-state index in [1.165, 1.54) is 6.33 Å². The number of carboxylic acids is 1. The number of thiophene rings is 1. The van der Waals surface area contributed by atoms with Crippen molar-refractivity contribution >= 4 is 49.8 Å². The van der Waals surface area contributed by atoms with Gasteiger partial charge in [0.2, 0.25) is 0 Å². The van der Waals surface area contributed by atoms with Crippen molar-refractivity contribution in [2.24, 2.45) is 0 Å². The molecule has 34 heavy (non-hydrogen) atoms. The number of carboxylic acid groups (broad SMARTS) is 1. The molecule has 0 aliphatic heterocycles. The highest BCUT2D eigenvalue weighted by Gasteiger charge is 2.14. The number of hydrogen-bond acceptors (Lipinski definition) is 8. The third-order valence-electron chi connectivity index (χ3n) is 5.38. The molecule has 2 N–H and O–H groups in total. The summed E-state index contributed by atoms with van der Waals surface area (Å²) in [7, 11) is 5.69. The summed E-state index contributed by atoms with van der Waals surface area (Å²) in [4.78, 5) is 23.0. The maximum absolute atomic E-state index is 11.0. The maximum Gasteiger partial charge on any atom is 0.303 e. The number of nitrogens with zero attached hydrogens (tertiary/aromatic N) is 3. The van der Waals surface area contributed by atoms with E-state index in [2.05, 4.69) is 26.3 Å². The molecule has 0 atom stereocenters. The largest absolute Gasteiger partial charge is 0.493 e. The fourth-order valence-corrected chi connectivity index (χ4v) is 4.79. The Hall–Kier alpha value is -3.43. The molecular weight excluding hydrogens is 452 g/mol. The van der Waals surface area contributed by atoms with Gasteiger partial charge in [-0.15, -0.1) is 11.3 Å². The Morgan fingerprint density at radius 2 is 2.00 bits per heavy atom. The van der Waals surface area contributed by atoms with Gasteiger partial charge >= 0.3 is 5.97 Å². The fourth-order valence-electron chi connectivity index (χ4n) is 3.70. The highest BCUT2D eigenvalue weighted by atomic mass is 32.1. The van der Waals surface area contributed by atoms with Crippen LogP contribution in [0.3, 0.4) is 0 Å². The van der Waals surface area contributed by atoms with Crippen LogP contribution < -0.4 is 14.8 Å². The van der Waals surface area contributed by atoms with Crippen molar-refractivity contribution in [3.05, 3.63) is 47.6 Å². The number of nitrogens with one attached hydrogen (secondary N) is 1. The lowest BCUT2D eigenvalue weighted by atomic mass is 10.1. The standard InChI is InChI=1S/C25H28N4O4S/c1-29(2)10-5-11-33-22-14-20-18(13-21(22)32-3)25(27-15-26-20)28-19-6-4-7-23-17(19)12-16(34-23)8-9-24(30)31/h4,6-7,12-15H,5,8-11H2,1-3H3,(H,30,31)(H,26,27,28). The maximum atomic E-state index is 11.0. The third-order valence-corrected chi connectivity index (χ3v) is 6.54. The van der Waals surface area contributed by atoms with Gasteiger partial charge in [-0.3, -0.25) is 4.79 Å². The zero-order valence-corrected chi connectivity index (χ0v) is 20.3. The Balaban J connectivity index is 1.62. The molecule has 9 heteroatoms. The number of anilines is 2. The molecular formula is C25H28N4O4S. The summed E-state index contributed by atoms with van der Waals surface area (Å²) in [6.45, 7) is 1.53. The number of aliphatic carboxylic acids is 1. The van der Waals surface area contributed by atoms with Gasteiger partial charge in [-0.1, -0.05) is 6.07 Å². The topological polar surface area (TPSA) is 96.8 Å². The molecule has 0 spiro atoms. The van der Waals surface area contributed by atoms with Gasteiger partial charge in [0, 0.05) is 38.6 Å². The van der Waals surface area contributed by atoms with Crippen LogP contribution in [0.5, 0.6) is 11.5 Å². The lowest BCUT2D eigenvalue weighted by Crippen LogP contribution is -2.15. The van der Waals surface area contributed by atoms with Crippen LogP contribution in [0, 0.1) is 0 Å². The number of carbonyl (C=O) groups is 1. The molecule has 4 rings (SSSR count). The summed E-state index contributed by atoms with van der Waals surface area (Å²) in [6.07, 6.45) is 3.06. The number of hydrogen-bond donors (Lipinski definition) is 2. The van der Waals surface area contributed by atoms with Crippen LogP contribution in [-0.2, 0) is 11.2 Å². The van der Waals surface area contributed by atoms with Crippen molar-refractivity contribution in [1.29, 1.82) is 0 Å². The number of ether oxygens (including phenoxy) is 2. The van der Waals surface area contributed by atoms with Gasteiger partial charge < -0.3 is 24.8 Å². The minimum absolute atomic E-state index is 0.117. The second-order valence-corrected chi connectivity index (χ2v) is 9.36. The number of aromatic nitrogens is 2. The number of aryl methyl sites for hydroxylation is 1. The Morgan fingerprint density at radius 1 is 1.15 bits per heavy atom. The van der Waals surface area contributed by atoms with E-state index in [4.69, 9.17) is 14.6 Å². The molecule has 0 bridgehead atoms. The van der Waals surface area contributed by atoms with Crippen LogP contribution in [0.25, 0.3) is 21.0 Å². The van der Waals surface area contributed by atoms with Gasteiger partial charge in [0.15, 0.2) is 11.5 Å². The number of methoxy groups -OCH3 is 1. The van der Waals surface area contributed by atoms with Gasteiger partial charge in [0.25, 0.3) is 0 Å². The van der Waals surface area contributed by atoms with Crippen molar-refractivity contribution in [3.8, 4) is 11.5 Å². The van der Waals surface area contributed by atoms with E-state index in [1.807, 2.05) is 44.4 Å². The molecule has 0 unspecified atom stereocenters. The van der Waals surface area contributed by atoms with Crippen LogP contribution in [0.1, 0.15) is 17.7 Å². The molecule has 8 nitrogen and oxygen atoms in total. The van der Waals surface area contributed by atoms with Crippen LogP contribution in [0.2, 0.25) is 0 Å². The molecule has 2 aromatic heterocycles. The van der Waals surface area contributed by atoms with Crippen LogP contribution in [-0.4, -0.2) is 60.3 Å². The van der Waals surface area contributed by atoms with Gasteiger partial charge in [-0.25, -0.2) is 9.97 Å². The first-order valence-electron chi connectivity index (χ1n) is 11.0. The average molecular weight is 481 g/mol. The molecule has 0 amide bonds. The quantitative estimate of drug-likeness (QED) is 0.291. The van der Waals surface area contributed by atoms with Crippen LogP contribution in [0.15, 0.2) is 42.7 Å². The molecule has 0 radical (unpaired) electrons. The van der Waals surface area contributed by atoms with Crippen molar-refractivity contribution in [2.45, 2.75) is 19.3 Å². The van der Waals surface area contributed by atoms with Crippen molar-refractivity contribution < 1.29 is 19.4 Å². The molecule has 2 aromatic carbocycles. The summed E-state index contributed by atoms with van der Waals surface area (Å²) in [6, 6.07) is 11.8. The number of rotatable bonds is 11. The van der Waals surface area contributed by atoms with E-state index in [-0.39, 0.29) is 6.42 Å². The Morgan fingerprint density at radius 3 is 2.76 bits per heavy atom. The molecule has 178 valence electrons. The molecule has 0 aliphatic carbocycles. The highest BCUT2D eigenvalue weighted by Crippen LogP contribution is 2.37. The first kappa shape index (κ1) is 23.7. The Labute approximate surface area is 202 Å². The monoisotopic (exact) mass is 480 g/mol. The molecule has 4 aromatic rings. The third kappa shape index (κ3) is 5.55. The number of benzene rings is 2. The lowest BCUT2D eigenvalue weighted by molar-refractivity contribution is -0.136. The Kier molecular flexibility index (Phi) is 7.44.